The first-order valence-corrected chi connectivity index (χ1v) is 19.3. The second-order valence-electron chi connectivity index (χ2n) is 15.5. The summed E-state index contributed by atoms with van der Waals surface area (Å²) in [6.45, 7) is 4.72. The SMILES string of the molecule is N#CC[C@H]1CN(c2nc(OC[C@@]34CCCN3C[C@H](F)C4)nc3c(F)c(-c4cccc(Cl)c4C4CC4)ncc23)CCN1C(=O)/C=C/CN1C[C@H]2C[C@@H]1CO2. The van der Waals surface area contributed by atoms with Crippen molar-refractivity contribution >= 4 is 34.2 Å². The van der Waals surface area contributed by atoms with Crippen LogP contribution in [0, 0.1) is 17.1 Å². The molecule has 1 amide bonds. The number of hydrogen-bond donors (Lipinski definition) is 0. The van der Waals surface area contributed by atoms with Crippen LogP contribution in [0.3, 0.4) is 0 Å². The van der Waals surface area contributed by atoms with Crippen LogP contribution in [0.15, 0.2) is 36.5 Å². The standard InChI is InChI=1S/C39H43ClF2N8O3/c40-31-5-1-4-29(33(31)24-7-8-24)35-34(42)36-30(18-44-35)37(46-38(45-36)53-23-39-10-3-13-49(39)19-25(41)17-39)48-14-15-50(26(20-48)9-11-43)32(51)6-2-12-47-21-28-16-27(47)22-52-28/h1-2,4-6,18,24-28H,3,7-10,12-17,19-23H2/b6-2+/t25-,26+,27-,28-,39+/m1/s1. The van der Waals surface area contributed by atoms with Crippen molar-refractivity contribution in [2.24, 2.45) is 0 Å². The first-order chi connectivity index (χ1) is 25.8. The first-order valence-electron chi connectivity index (χ1n) is 18.9. The Morgan fingerprint density at radius 1 is 1.19 bits per heavy atom. The third-order valence-corrected chi connectivity index (χ3v) is 12.5. The van der Waals surface area contributed by atoms with Crippen LogP contribution in [0.4, 0.5) is 14.6 Å². The minimum atomic E-state index is -0.924. The number of rotatable bonds is 10. The number of hydrogen-bond acceptors (Lipinski definition) is 10. The average molecular weight is 745 g/mol. The lowest BCUT2D eigenvalue weighted by Crippen LogP contribution is -2.55. The predicted molar refractivity (Wildman–Crippen MR) is 195 cm³/mol. The molecule has 0 spiro atoms. The predicted octanol–water partition coefficient (Wildman–Crippen LogP) is 5.28. The number of alkyl halides is 1. The monoisotopic (exact) mass is 744 g/mol. The molecule has 5 saturated heterocycles. The first kappa shape index (κ1) is 34.8. The smallest absolute Gasteiger partial charge is 0.319 e. The zero-order valence-electron chi connectivity index (χ0n) is 29.6. The van der Waals surface area contributed by atoms with Gasteiger partial charge in [0, 0.05) is 74.6 Å². The molecule has 7 heterocycles. The van der Waals surface area contributed by atoms with E-state index in [2.05, 4.69) is 25.8 Å². The van der Waals surface area contributed by atoms with Crippen LogP contribution in [0.5, 0.6) is 6.01 Å². The largest absolute Gasteiger partial charge is 0.461 e. The topological polar surface area (TPSA) is 111 Å². The van der Waals surface area contributed by atoms with Crippen molar-refractivity contribution in [2.45, 2.75) is 80.8 Å². The van der Waals surface area contributed by atoms with E-state index in [-0.39, 0.29) is 48.2 Å². The van der Waals surface area contributed by atoms with E-state index in [1.165, 1.54) is 0 Å². The molecule has 1 aromatic carbocycles. The Morgan fingerprint density at radius 3 is 2.87 bits per heavy atom. The summed E-state index contributed by atoms with van der Waals surface area (Å²) in [7, 11) is 0. The number of amides is 1. The third kappa shape index (κ3) is 6.51. The quantitative estimate of drug-likeness (QED) is 0.255. The van der Waals surface area contributed by atoms with Gasteiger partial charge in [-0.05, 0) is 56.2 Å². The number of halogens is 3. The fourth-order valence-corrected chi connectivity index (χ4v) is 9.73. The molecule has 1 saturated carbocycles. The van der Waals surface area contributed by atoms with Crippen molar-refractivity contribution in [1.82, 2.24) is 29.7 Å². The van der Waals surface area contributed by atoms with Gasteiger partial charge in [0.15, 0.2) is 5.82 Å². The normalized spacial score (nSPS) is 28.7. The lowest BCUT2D eigenvalue weighted by atomic mass is 9.95. The molecule has 5 atom stereocenters. The van der Waals surface area contributed by atoms with Crippen molar-refractivity contribution in [2.75, 3.05) is 63.9 Å². The van der Waals surface area contributed by atoms with Crippen LogP contribution in [0.2, 0.25) is 5.02 Å². The van der Waals surface area contributed by atoms with Crippen molar-refractivity contribution in [3.05, 3.63) is 53.0 Å². The van der Waals surface area contributed by atoms with Gasteiger partial charge < -0.3 is 19.3 Å². The maximum atomic E-state index is 16.9. The van der Waals surface area contributed by atoms with Gasteiger partial charge in [-0.2, -0.15) is 15.2 Å². The van der Waals surface area contributed by atoms with Crippen LogP contribution in [0.1, 0.15) is 56.4 Å². The highest BCUT2D eigenvalue weighted by Crippen LogP contribution is 2.48. The lowest BCUT2D eigenvalue weighted by molar-refractivity contribution is -0.128. The molecular weight excluding hydrogens is 702 g/mol. The molecule has 1 aliphatic carbocycles. The fraction of sp³-hybridized carbons (Fsp3) is 0.564. The Hall–Kier alpha value is -3.96. The van der Waals surface area contributed by atoms with E-state index in [0.717, 1.165) is 57.4 Å². The van der Waals surface area contributed by atoms with Crippen LogP contribution in [0.25, 0.3) is 22.2 Å². The summed E-state index contributed by atoms with van der Waals surface area (Å²) in [4.78, 5) is 35.8. The highest BCUT2D eigenvalue weighted by atomic mass is 35.5. The van der Waals surface area contributed by atoms with E-state index in [4.69, 9.17) is 26.1 Å². The van der Waals surface area contributed by atoms with Gasteiger partial charge in [-0.25, -0.2) is 8.78 Å². The van der Waals surface area contributed by atoms with E-state index in [1.54, 1.807) is 23.2 Å². The minimum absolute atomic E-state index is 0.000110. The second kappa shape index (κ2) is 14.0. The van der Waals surface area contributed by atoms with E-state index >= 15 is 4.39 Å². The van der Waals surface area contributed by atoms with Gasteiger partial charge in [-0.15, -0.1) is 0 Å². The molecule has 2 aromatic heterocycles. The van der Waals surface area contributed by atoms with Gasteiger partial charge in [-0.3, -0.25) is 19.6 Å². The number of fused-ring (bicyclic) bond motifs is 4. The minimum Gasteiger partial charge on any atom is -0.461 e. The van der Waals surface area contributed by atoms with Crippen molar-refractivity contribution in [3.63, 3.8) is 0 Å². The number of likely N-dealkylation sites (tertiary alicyclic amines) is 1. The van der Waals surface area contributed by atoms with E-state index in [1.807, 2.05) is 23.1 Å². The Balaban J connectivity index is 1.02. The molecule has 11 nitrogen and oxygen atoms in total. The highest BCUT2D eigenvalue weighted by molar-refractivity contribution is 6.32. The summed E-state index contributed by atoms with van der Waals surface area (Å²) in [5.74, 6) is -0.0686. The zero-order valence-corrected chi connectivity index (χ0v) is 30.4. The molecule has 14 heteroatoms. The Morgan fingerprint density at radius 2 is 2.08 bits per heavy atom. The van der Waals surface area contributed by atoms with Crippen molar-refractivity contribution in [3.8, 4) is 23.3 Å². The van der Waals surface area contributed by atoms with E-state index < -0.39 is 23.6 Å². The van der Waals surface area contributed by atoms with Crippen LogP contribution < -0.4 is 9.64 Å². The summed E-state index contributed by atoms with van der Waals surface area (Å²) in [6.07, 6.45) is 9.75. The Bertz CT molecular complexity index is 1990. The summed E-state index contributed by atoms with van der Waals surface area (Å²) in [5, 5.41) is 10.8. The molecule has 6 fully saturated rings. The molecule has 278 valence electrons. The van der Waals surface area contributed by atoms with E-state index in [0.29, 0.717) is 67.0 Å². The van der Waals surface area contributed by atoms with E-state index in [9.17, 15) is 14.4 Å². The number of ether oxygens (including phenoxy) is 2. The van der Waals surface area contributed by atoms with Gasteiger partial charge in [0.25, 0.3) is 0 Å². The van der Waals surface area contributed by atoms with Gasteiger partial charge in [0.2, 0.25) is 5.91 Å². The number of piperazine rings is 1. The van der Waals surface area contributed by atoms with Crippen LogP contribution >= 0.6 is 11.6 Å². The number of aromatic nitrogens is 3. The molecule has 3 aromatic rings. The maximum absolute atomic E-state index is 16.9. The van der Waals surface area contributed by atoms with Gasteiger partial charge in [0.05, 0.1) is 42.2 Å². The molecule has 5 aliphatic heterocycles. The molecule has 0 unspecified atom stereocenters. The van der Waals surface area contributed by atoms with Crippen LogP contribution in [-0.2, 0) is 9.53 Å². The maximum Gasteiger partial charge on any atom is 0.319 e. The summed E-state index contributed by atoms with van der Waals surface area (Å²) >= 11 is 6.64. The third-order valence-electron chi connectivity index (χ3n) is 12.2. The molecular formula is C39H43ClF2N8O3. The molecule has 2 bridgehead atoms. The molecule has 0 N–H and O–H groups in total. The van der Waals surface area contributed by atoms with Gasteiger partial charge >= 0.3 is 6.01 Å². The fourth-order valence-electron chi connectivity index (χ4n) is 9.40. The molecule has 6 aliphatic rings. The Labute approximate surface area is 312 Å². The van der Waals surface area contributed by atoms with Crippen molar-refractivity contribution < 1.29 is 23.0 Å². The Kier molecular flexibility index (Phi) is 9.21. The number of morpholine rings is 1. The molecule has 0 radical (unpaired) electrons. The number of nitrogens with zero attached hydrogens (tertiary/aromatic N) is 8. The average Bonchev–Trinajstić information content (AvgIpc) is 3.41. The number of carbonyl (C=O) groups excluding carboxylic acids is 1. The van der Waals surface area contributed by atoms with Gasteiger partial charge in [-0.1, -0.05) is 29.8 Å². The summed E-state index contributed by atoms with van der Waals surface area (Å²) in [5.41, 5.74) is 1.31. The number of carbonyl (C=O) groups is 1. The van der Waals surface area contributed by atoms with Gasteiger partial charge in [0.1, 0.15) is 29.8 Å². The summed E-state index contributed by atoms with van der Waals surface area (Å²) < 4.78 is 43.5. The second-order valence-corrected chi connectivity index (χ2v) is 16.0. The van der Waals surface area contributed by atoms with Crippen LogP contribution in [-0.4, -0.2) is 124 Å². The highest BCUT2D eigenvalue weighted by Gasteiger charge is 2.49. The summed E-state index contributed by atoms with van der Waals surface area (Å²) in [6, 6.07) is 7.71. The van der Waals surface area contributed by atoms with Crippen molar-refractivity contribution in [1.29, 1.82) is 5.26 Å². The number of benzene rings is 1. The number of pyridine rings is 1. The molecule has 9 rings (SSSR count). The zero-order chi connectivity index (χ0) is 36.3. The molecule has 53 heavy (non-hydrogen) atoms. The number of nitriles is 1. The number of anilines is 1. The lowest BCUT2D eigenvalue weighted by Gasteiger charge is -2.41.